The largest absolute Gasteiger partial charge is 0.314 e. The fourth-order valence-electron chi connectivity index (χ4n) is 1.75. The van der Waals surface area contributed by atoms with Gasteiger partial charge in [0.2, 0.25) is 0 Å². The molecule has 2 unspecified atom stereocenters. The predicted molar refractivity (Wildman–Crippen MR) is 68.8 cm³/mol. The summed E-state index contributed by atoms with van der Waals surface area (Å²) in [7, 11) is 0. The van der Waals surface area contributed by atoms with E-state index in [0.29, 0.717) is 6.04 Å². The molecule has 2 atom stereocenters. The van der Waals surface area contributed by atoms with Gasteiger partial charge in [-0.15, -0.1) is 12.3 Å². The SMILES string of the molecule is C#CCCCC(CC(C)CC)NCCC. The maximum atomic E-state index is 5.27. The number of nitrogens with one attached hydrogen (secondary N) is 1. The van der Waals surface area contributed by atoms with Crippen LogP contribution in [-0.4, -0.2) is 12.6 Å². The fraction of sp³-hybridized carbons (Fsp3) is 0.857. The molecule has 0 aliphatic carbocycles. The summed E-state index contributed by atoms with van der Waals surface area (Å²) in [6, 6.07) is 0.674. The molecule has 0 aromatic heterocycles. The zero-order chi connectivity index (χ0) is 11.5. The standard InChI is InChI=1S/C14H27N/c1-5-8-9-10-14(15-11-6-2)12-13(4)7-3/h1,13-15H,6-12H2,2-4H3. The second-order valence-corrected chi connectivity index (χ2v) is 4.50. The van der Waals surface area contributed by atoms with Crippen LogP contribution < -0.4 is 5.32 Å². The van der Waals surface area contributed by atoms with Gasteiger partial charge in [-0.3, -0.25) is 0 Å². The summed E-state index contributed by atoms with van der Waals surface area (Å²) in [5, 5.41) is 3.62. The van der Waals surface area contributed by atoms with Crippen molar-refractivity contribution in [3.8, 4) is 12.3 Å². The highest BCUT2D eigenvalue weighted by molar-refractivity contribution is 4.84. The molecule has 15 heavy (non-hydrogen) atoms. The molecule has 1 nitrogen and oxygen atoms in total. The van der Waals surface area contributed by atoms with Crippen molar-refractivity contribution < 1.29 is 0 Å². The Labute approximate surface area is 96.0 Å². The van der Waals surface area contributed by atoms with Crippen LogP contribution >= 0.6 is 0 Å². The van der Waals surface area contributed by atoms with Crippen molar-refractivity contribution in [2.75, 3.05) is 6.54 Å². The highest BCUT2D eigenvalue weighted by Crippen LogP contribution is 2.14. The molecule has 0 aromatic carbocycles. The Hall–Kier alpha value is -0.480. The maximum absolute atomic E-state index is 5.27. The highest BCUT2D eigenvalue weighted by atomic mass is 14.9. The lowest BCUT2D eigenvalue weighted by Crippen LogP contribution is -2.31. The minimum absolute atomic E-state index is 0.674. The fourth-order valence-corrected chi connectivity index (χ4v) is 1.75. The van der Waals surface area contributed by atoms with E-state index in [2.05, 4.69) is 32.0 Å². The van der Waals surface area contributed by atoms with Crippen LogP contribution in [0.15, 0.2) is 0 Å². The molecule has 0 radical (unpaired) electrons. The molecular formula is C14H27N. The van der Waals surface area contributed by atoms with Gasteiger partial charge in [0, 0.05) is 12.5 Å². The molecule has 1 N–H and O–H groups in total. The normalized spacial score (nSPS) is 14.5. The molecule has 1 heteroatoms. The number of hydrogen-bond acceptors (Lipinski definition) is 1. The number of rotatable bonds is 9. The lowest BCUT2D eigenvalue weighted by Gasteiger charge is -2.21. The molecule has 0 aliphatic rings. The minimum Gasteiger partial charge on any atom is -0.314 e. The van der Waals surface area contributed by atoms with Crippen LogP contribution in [0.4, 0.5) is 0 Å². The van der Waals surface area contributed by atoms with Crippen molar-refractivity contribution in [1.29, 1.82) is 0 Å². The Kier molecular flexibility index (Phi) is 9.73. The van der Waals surface area contributed by atoms with Crippen LogP contribution in [0.2, 0.25) is 0 Å². The van der Waals surface area contributed by atoms with Gasteiger partial charge in [0.25, 0.3) is 0 Å². The van der Waals surface area contributed by atoms with E-state index < -0.39 is 0 Å². The van der Waals surface area contributed by atoms with Crippen LogP contribution in [-0.2, 0) is 0 Å². The van der Waals surface area contributed by atoms with Crippen molar-refractivity contribution in [3.05, 3.63) is 0 Å². The van der Waals surface area contributed by atoms with Gasteiger partial charge in [0.1, 0.15) is 0 Å². The first-order valence-electron chi connectivity index (χ1n) is 6.41. The summed E-state index contributed by atoms with van der Waals surface area (Å²) in [5.74, 6) is 3.54. The highest BCUT2D eigenvalue weighted by Gasteiger charge is 2.10. The van der Waals surface area contributed by atoms with Gasteiger partial charge in [-0.25, -0.2) is 0 Å². The third kappa shape index (κ3) is 8.51. The molecule has 0 bridgehead atoms. The Bertz CT molecular complexity index is 169. The van der Waals surface area contributed by atoms with E-state index in [1.807, 2.05) is 0 Å². The first-order chi connectivity index (χ1) is 7.24. The van der Waals surface area contributed by atoms with Crippen molar-refractivity contribution in [3.63, 3.8) is 0 Å². The van der Waals surface area contributed by atoms with Crippen LogP contribution in [0.25, 0.3) is 0 Å². The summed E-state index contributed by atoms with van der Waals surface area (Å²) < 4.78 is 0. The molecule has 88 valence electrons. The third-order valence-corrected chi connectivity index (χ3v) is 2.94. The van der Waals surface area contributed by atoms with E-state index in [1.54, 1.807) is 0 Å². The van der Waals surface area contributed by atoms with Crippen LogP contribution in [0.5, 0.6) is 0 Å². The third-order valence-electron chi connectivity index (χ3n) is 2.94. The van der Waals surface area contributed by atoms with Crippen LogP contribution in [0.1, 0.15) is 59.3 Å². The van der Waals surface area contributed by atoms with E-state index >= 15 is 0 Å². The van der Waals surface area contributed by atoms with Crippen LogP contribution in [0, 0.1) is 18.3 Å². The monoisotopic (exact) mass is 209 g/mol. The van der Waals surface area contributed by atoms with Crippen molar-refractivity contribution in [2.45, 2.75) is 65.3 Å². The van der Waals surface area contributed by atoms with E-state index in [1.165, 1.54) is 25.7 Å². The molecular weight excluding hydrogens is 182 g/mol. The van der Waals surface area contributed by atoms with Gasteiger partial charge in [-0.05, 0) is 38.1 Å². The van der Waals surface area contributed by atoms with Crippen molar-refractivity contribution in [1.82, 2.24) is 5.32 Å². The second kappa shape index (κ2) is 10.1. The topological polar surface area (TPSA) is 12.0 Å². The lowest BCUT2D eigenvalue weighted by molar-refractivity contribution is 0.372. The lowest BCUT2D eigenvalue weighted by atomic mass is 9.96. The van der Waals surface area contributed by atoms with E-state index in [0.717, 1.165) is 25.3 Å². The van der Waals surface area contributed by atoms with E-state index in [-0.39, 0.29) is 0 Å². The average molecular weight is 209 g/mol. The van der Waals surface area contributed by atoms with Crippen LogP contribution in [0.3, 0.4) is 0 Å². The summed E-state index contributed by atoms with van der Waals surface area (Å²) in [5.41, 5.74) is 0. The molecule has 0 heterocycles. The Morgan fingerprint density at radius 1 is 1.33 bits per heavy atom. The smallest absolute Gasteiger partial charge is 0.00866 e. The van der Waals surface area contributed by atoms with Crippen molar-refractivity contribution in [2.24, 2.45) is 5.92 Å². The van der Waals surface area contributed by atoms with E-state index in [4.69, 9.17) is 6.42 Å². The molecule has 0 fully saturated rings. The minimum atomic E-state index is 0.674. The quantitative estimate of drug-likeness (QED) is 0.452. The zero-order valence-corrected chi connectivity index (χ0v) is 10.7. The Morgan fingerprint density at radius 2 is 2.07 bits per heavy atom. The van der Waals surface area contributed by atoms with Gasteiger partial charge in [0.05, 0.1) is 0 Å². The number of terminal acetylenes is 1. The Balaban J connectivity index is 3.78. The Morgan fingerprint density at radius 3 is 2.60 bits per heavy atom. The average Bonchev–Trinajstić information content (AvgIpc) is 2.25. The van der Waals surface area contributed by atoms with Gasteiger partial charge in [0.15, 0.2) is 0 Å². The first-order valence-corrected chi connectivity index (χ1v) is 6.41. The number of hydrogen-bond donors (Lipinski definition) is 1. The van der Waals surface area contributed by atoms with Gasteiger partial charge in [-0.1, -0.05) is 27.2 Å². The molecule has 0 spiro atoms. The summed E-state index contributed by atoms with van der Waals surface area (Å²) in [6.45, 7) is 7.96. The summed E-state index contributed by atoms with van der Waals surface area (Å²) in [4.78, 5) is 0. The molecule has 0 saturated carbocycles. The van der Waals surface area contributed by atoms with Gasteiger partial charge >= 0.3 is 0 Å². The van der Waals surface area contributed by atoms with Gasteiger partial charge < -0.3 is 5.32 Å². The maximum Gasteiger partial charge on any atom is 0.00866 e. The van der Waals surface area contributed by atoms with E-state index in [9.17, 15) is 0 Å². The van der Waals surface area contributed by atoms with Crippen molar-refractivity contribution >= 4 is 0 Å². The van der Waals surface area contributed by atoms with Gasteiger partial charge in [-0.2, -0.15) is 0 Å². The predicted octanol–water partition coefficient (Wildman–Crippen LogP) is 3.59. The molecule has 0 aliphatic heterocycles. The summed E-state index contributed by atoms with van der Waals surface area (Å²) in [6.07, 6.45) is 12.4. The number of unbranched alkanes of at least 4 members (excludes halogenated alkanes) is 1. The first kappa shape index (κ1) is 14.5. The summed E-state index contributed by atoms with van der Waals surface area (Å²) >= 11 is 0. The second-order valence-electron chi connectivity index (χ2n) is 4.50. The molecule has 0 aromatic rings. The molecule has 0 saturated heterocycles. The zero-order valence-electron chi connectivity index (χ0n) is 10.7. The molecule has 0 amide bonds. The molecule has 0 rings (SSSR count).